The summed E-state index contributed by atoms with van der Waals surface area (Å²) in [7, 11) is 0. The maximum atomic E-state index is 10.7. The Bertz CT molecular complexity index is 423. The van der Waals surface area contributed by atoms with Crippen molar-refractivity contribution in [3.8, 4) is 5.75 Å². The highest BCUT2D eigenvalue weighted by atomic mass is 16.3. The van der Waals surface area contributed by atoms with Crippen LogP contribution in [0.25, 0.3) is 0 Å². The van der Waals surface area contributed by atoms with Gasteiger partial charge in [0.05, 0.1) is 6.10 Å². The van der Waals surface area contributed by atoms with Crippen molar-refractivity contribution >= 4 is 11.6 Å². The van der Waals surface area contributed by atoms with Gasteiger partial charge in [-0.25, -0.2) is 0 Å². The van der Waals surface area contributed by atoms with Gasteiger partial charge >= 0.3 is 0 Å². The second-order valence-electron chi connectivity index (χ2n) is 4.10. The molecule has 0 spiro atoms. The van der Waals surface area contributed by atoms with E-state index in [0.717, 1.165) is 0 Å². The molecule has 0 saturated carbocycles. The smallest absolute Gasteiger partial charge is 0.216 e. The number of aliphatic hydroxyl groups is 2. The van der Waals surface area contributed by atoms with Crippen molar-refractivity contribution in [2.45, 2.75) is 25.6 Å². The van der Waals surface area contributed by atoms with E-state index in [2.05, 4.69) is 5.32 Å². The van der Waals surface area contributed by atoms with Gasteiger partial charge in [0.2, 0.25) is 5.91 Å². The normalized spacial score (nSPS) is 13.9. The summed E-state index contributed by atoms with van der Waals surface area (Å²) < 4.78 is 0. The number of hydrogen-bond acceptors (Lipinski definition) is 5. The maximum absolute atomic E-state index is 10.7. The molecule has 0 aliphatic rings. The molecule has 6 N–H and O–H groups in total. The summed E-state index contributed by atoms with van der Waals surface area (Å²) in [5, 5.41) is 31.4. The van der Waals surface area contributed by atoms with Crippen LogP contribution in [0.1, 0.15) is 25.0 Å². The molecule has 1 rings (SSSR count). The zero-order valence-corrected chi connectivity index (χ0v) is 10.1. The molecule has 18 heavy (non-hydrogen) atoms. The maximum Gasteiger partial charge on any atom is 0.216 e. The van der Waals surface area contributed by atoms with Gasteiger partial charge in [-0.1, -0.05) is 6.07 Å². The molecule has 0 fully saturated rings. The predicted molar refractivity (Wildman–Crippen MR) is 66.8 cm³/mol. The van der Waals surface area contributed by atoms with Crippen molar-refractivity contribution in [2.75, 3.05) is 12.3 Å². The Morgan fingerprint density at radius 3 is 2.67 bits per heavy atom. The van der Waals surface area contributed by atoms with E-state index >= 15 is 0 Å². The molecule has 1 aromatic rings. The molecule has 0 bridgehead atoms. The molecule has 100 valence electrons. The first-order valence-corrected chi connectivity index (χ1v) is 5.60. The van der Waals surface area contributed by atoms with Gasteiger partial charge in [0, 0.05) is 30.8 Å². The number of rotatable bonds is 5. The predicted octanol–water partition coefficient (Wildman–Crippen LogP) is -0.105. The Hall–Kier alpha value is -1.79. The van der Waals surface area contributed by atoms with Gasteiger partial charge in [0.15, 0.2) is 0 Å². The van der Waals surface area contributed by atoms with E-state index in [9.17, 15) is 20.1 Å². The van der Waals surface area contributed by atoms with Crippen molar-refractivity contribution in [1.29, 1.82) is 0 Å². The van der Waals surface area contributed by atoms with Crippen molar-refractivity contribution in [2.24, 2.45) is 0 Å². The number of carbonyl (C=O) groups is 1. The van der Waals surface area contributed by atoms with Crippen LogP contribution in [0.2, 0.25) is 0 Å². The molecule has 2 atom stereocenters. The number of amides is 1. The first kappa shape index (κ1) is 14.3. The quantitative estimate of drug-likeness (QED) is 0.470. The Kier molecular flexibility index (Phi) is 4.94. The lowest BCUT2D eigenvalue weighted by atomic mass is 10.0. The standard InChI is InChI=1S/C12H18N2O4/c1-7(15)14-5-4-11(17)12(18)9-3-2-8(16)6-10(9)13/h2-3,6,11-12,16-18H,4-5,13H2,1H3,(H,14,15). The third-order valence-electron chi connectivity index (χ3n) is 2.57. The fourth-order valence-corrected chi connectivity index (χ4v) is 1.59. The molecule has 0 heterocycles. The molecule has 1 amide bonds. The van der Waals surface area contributed by atoms with Crippen molar-refractivity contribution in [1.82, 2.24) is 5.32 Å². The number of nitrogen functional groups attached to an aromatic ring is 1. The molecular formula is C12H18N2O4. The average Bonchev–Trinajstić information content (AvgIpc) is 2.27. The summed E-state index contributed by atoms with van der Waals surface area (Å²) in [6, 6.07) is 4.14. The van der Waals surface area contributed by atoms with Crippen LogP contribution in [0.4, 0.5) is 5.69 Å². The van der Waals surface area contributed by atoms with Crippen LogP contribution in [-0.2, 0) is 4.79 Å². The monoisotopic (exact) mass is 254 g/mol. The number of nitrogens with two attached hydrogens (primary N) is 1. The first-order chi connectivity index (χ1) is 8.41. The SMILES string of the molecule is CC(=O)NCCC(O)C(O)c1ccc(O)cc1N. The number of anilines is 1. The van der Waals surface area contributed by atoms with Gasteiger partial charge in [-0.15, -0.1) is 0 Å². The molecule has 0 aromatic heterocycles. The summed E-state index contributed by atoms with van der Waals surface area (Å²) in [6.45, 7) is 1.65. The van der Waals surface area contributed by atoms with Crippen LogP contribution in [0.3, 0.4) is 0 Å². The van der Waals surface area contributed by atoms with Crippen LogP contribution in [-0.4, -0.2) is 33.9 Å². The van der Waals surface area contributed by atoms with Crippen LogP contribution in [0, 0.1) is 0 Å². The van der Waals surface area contributed by atoms with Gasteiger partial charge in [-0.2, -0.15) is 0 Å². The molecule has 0 saturated heterocycles. The number of aliphatic hydroxyl groups excluding tert-OH is 2. The fraction of sp³-hybridized carbons (Fsp3) is 0.417. The first-order valence-electron chi connectivity index (χ1n) is 5.60. The Morgan fingerprint density at radius 2 is 2.11 bits per heavy atom. The average molecular weight is 254 g/mol. The van der Waals surface area contributed by atoms with Crippen molar-refractivity contribution in [3.63, 3.8) is 0 Å². The number of hydrogen-bond donors (Lipinski definition) is 5. The number of nitrogens with one attached hydrogen (secondary N) is 1. The van der Waals surface area contributed by atoms with Gasteiger partial charge in [0.1, 0.15) is 11.9 Å². The Labute approximate surface area is 105 Å². The molecule has 6 nitrogen and oxygen atoms in total. The second kappa shape index (κ2) is 6.23. The van der Waals surface area contributed by atoms with Gasteiger partial charge in [-0.3, -0.25) is 4.79 Å². The minimum Gasteiger partial charge on any atom is -0.508 e. The van der Waals surface area contributed by atoms with E-state index in [1.165, 1.54) is 25.1 Å². The summed E-state index contributed by atoms with van der Waals surface area (Å²) in [5.41, 5.74) is 6.20. The second-order valence-corrected chi connectivity index (χ2v) is 4.10. The summed E-state index contributed by atoms with van der Waals surface area (Å²) >= 11 is 0. The minimum absolute atomic E-state index is 0.00353. The number of phenolic OH excluding ortho intramolecular Hbond substituents is 1. The van der Waals surface area contributed by atoms with E-state index in [1.807, 2.05) is 0 Å². The molecule has 6 heteroatoms. The van der Waals surface area contributed by atoms with Gasteiger partial charge < -0.3 is 26.4 Å². The lowest BCUT2D eigenvalue weighted by Crippen LogP contribution is -2.28. The molecule has 2 unspecified atom stereocenters. The van der Waals surface area contributed by atoms with Crippen molar-refractivity contribution < 1.29 is 20.1 Å². The van der Waals surface area contributed by atoms with E-state index in [1.54, 1.807) is 0 Å². The minimum atomic E-state index is -1.15. The fourth-order valence-electron chi connectivity index (χ4n) is 1.59. The highest BCUT2D eigenvalue weighted by Crippen LogP contribution is 2.27. The molecule has 1 aromatic carbocycles. The third kappa shape index (κ3) is 3.90. The summed E-state index contributed by atoms with van der Waals surface area (Å²) in [6.07, 6.45) is -1.98. The lowest BCUT2D eigenvalue weighted by Gasteiger charge is -2.19. The van der Waals surface area contributed by atoms with E-state index in [4.69, 9.17) is 5.73 Å². The third-order valence-corrected chi connectivity index (χ3v) is 2.57. The zero-order chi connectivity index (χ0) is 13.7. The van der Waals surface area contributed by atoms with E-state index < -0.39 is 12.2 Å². The van der Waals surface area contributed by atoms with E-state index in [0.29, 0.717) is 5.56 Å². The Morgan fingerprint density at radius 1 is 1.44 bits per heavy atom. The number of benzene rings is 1. The summed E-state index contributed by atoms with van der Waals surface area (Å²) in [4.78, 5) is 10.7. The Balaban J connectivity index is 2.62. The topological polar surface area (TPSA) is 116 Å². The van der Waals surface area contributed by atoms with E-state index in [-0.39, 0.29) is 30.3 Å². The number of carbonyl (C=O) groups excluding carboxylic acids is 1. The van der Waals surface area contributed by atoms with Gasteiger partial charge in [-0.05, 0) is 12.5 Å². The van der Waals surface area contributed by atoms with Gasteiger partial charge in [0.25, 0.3) is 0 Å². The zero-order valence-electron chi connectivity index (χ0n) is 10.1. The number of phenols is 1. The highest BCUT2D eigenvalue weighted by Gasteiger charge is 2.20. The van der Waals surface area contributed by atoms with Crippen molar-refractivity contribution in [3.05, 3.63) is 23.8 Å². The number of aromatic hydroxyl groups is 1. The molecule has 0 aliphatic carbocycles. The molecular weight excluding hydrogens is 236 g/mol. The van der Waals surface area contributed by atoms with Crippen LogP contribution in [0.15, 0.2) is 18.2 Å². The van der Waals surface area contributed by atoms with Crippen LogP contribution < -0.4 is 11.1 Å². The van der Waals surface area contributed by atoms with Crippen LogP contribution >= 0.6 is 0 Å². The highest BCUT2D eigenvalue weighted by molar-refractivity contribution is 5.72. The lowest BCUT2D eigenvalue weighted by molar-refractivity contribution is -0.119. The molecule has 0 radical (unpaired) electrons. The molecule has 0 aliphatic heterocycles. The summed E-state index contributed by atoms with van der Waals surface area (Å²) in [5.74, 6) is -0.197. The largest absolute Gasteiger partial charge is 0.508 e. The van der Waals surface area contributed by atoms with Crippen LogP contribution in [0.5, 0.6) is 5.75 Å².